The molecule has 1 atom stereocenters. The topological polar surface area (TPSA) is 40.6 Å². The van der Waals surface area contributed by atoms with Crippen molar-refractivity contribution in [3.8, 4) is 0 Å². The molecule has 0 aliphatic carbocycles. The first-order valence-corrected chi connectivity index (χ1v) is 11.2. The number of hydrogen-bond acceptors (Lipinski definition) is 3. The van der Waals surface area contributed by atoms with Crippen LogP contribution in [0.15, 0.2) is 41.8 Å². The van der Waals surface area contributed by atoms with Gasteiger partial charge in [-0.3, -0.25) is 9.59 Å². The van der Waals surface area contributed by atoms with Gasteiger partial charge < -0.3 is 9.80 Å². The number of carbonyl (C=O) groups is 2. The number of nitrogens with zero attached hydrogens (tertiary/aromatic N) is 2. The number of thiophene rings is 1. The van der Waals surface area contributed by atoms with Crippen LogP contribution < -0.4 is 0 Å². The maximum absolute atomic E-state index is 13.1. The SMILES string of the molecule is CCCCCCN(CC(=O)N1CCc2ccccc2C1C)C(=O)c1cccs1. The molecule has 0 saturated carbocycles. The normalized spacial score (nSPS) is 15.9. The molecule has 1 aromatic heterocycles. The third-order valence-electron chi connectivity index (χ3n) is 5.54. The molecule has 0 N–H and O–H groups in total. The van der Waals surface area contributed by atoms with Gasteiger partial charge in [-0.2, -0.15) is 0 Å². The van der Waals surface area contributed by atoms with Crippen LogP contribution in [0, 0.1) is 0 Å². The minimum absolute atomic E-state index is 0.0232. The van der Waals surface area contributed by atoms with Crippen molar-refractivity contribution in [3.05, 3.63) is 57.8 Å². The molecule has 28 heavy (non-hydrogen) atoms. The number of rotatable bonds is 8. The van der Waals surface area contributed by atoms with E-state index in [1.165, 1.54) is 22.5 Å². The second-order valence-corrected chi connectivity index (χ2v) is 8.42. The molecule has 4 nitrogen and oxygen atoms in total. The molecule has 2 heterocycles. The second-order valence-electron chi connectivity index (χ2n) is 7.48. The van der Waals surface area contributed by atoms with Gasteiger partial charge in [-0.05, 0) is 42.3 Å². The molecule has 0 saturated heterocycles. The molecule has 1 aliphatic rings. The Hall–Kier alpha value is -2.14. The van der Waals surface area contributed by atoms with Crippen LogP contribution in [0.3, 0.4) is 0 Å². The van der Waals surface area contributed by atoms with Crippen molar-refractivity contribution in [1.82, 2.24) is 9.80 Å². The van der Waals surface area contributed by atoms with Crippen LogP contribution in [0.4, 0.5) is 0 Å². The molecular formula is C23H30N2O2S. The van der Waals surface area contributed by atoms with E-state index < -0.39 is 0 Å². The number of unbranched alkanes of at least 4 members (excludes halogenated alkanes) is 3. The molecule has 1 unspecified atom stereocenters. The number of hydrogen-bond donors (Lipinski definition) is 0. The predicted octanol–water partition coefficient (Wildman–Crippen LogP) is 4.92. The highest BCUT2D eigenvalue weighted by atomic mass is 32.1. The van der Waals surface area contributed by atoms with Gasteiger partial charge in [0.15, 0.2) is 0 Å². The summed E-state index contributed by atoms with van der Waals surface area (Å²) in [7, 11) is 0. The molecule has 0 radical (unpaired) electrons. The first-order valence-electron chi connectivity index (χ1n) is 10.3. The van der Waals surface area contributed by atoms with Gasteiger partial charge in [0.05, 0.1) is 10.9 Å². The molecule has 0 spiro atoms. The molecular weight excluding hydrogens is 368 g/mol. The molecule has 3 rings (SSSR count). The lowest BCUT2D eigenvalue weighted by Gasteiger charge is -2.36. The Labute approximate surface area is 172 Å². The summed E-state index contributed by atoms with van der Waals surface area (Å²) in [6.07, 6.45) is 5.22. The minimum Gasteiger partial charge on any atom is -0.334 e. The van der Waals surface area contributed by atoms with Gasteiger partial charge >= 0.3 is 0 Å². The van der Waals surface area contributed by atoms with Gasteiger partial charge in [0.2, 0.25) is 5.91 Å². The van der Waals surface area contributed by atoms with E-state index in [4.69, 9.17) is 0 Å². The quantitative estimate of drug-likeness (QED) is 0.593. The molecule has 150 valence electrons. The maximum atomic E-state index is 13.1. The first kappa shape index (κ1) is 20.6. The summed E-state index contributed by atoms with van der Waals surface area (Å²) in [4.78, 5) is 30.4. The highest BCUT2D eigenvalue weighted by molar-refractivity contribution is 7.12. The summed E-state index contributed by atoms with van der Waals surface area (Å²) in [5.41, 5.74) is 2.55. The molecule has 1 aromatic carbocycles. The van der Waals surface area contributed by atoms with Crippen molar-refractivity contribution in [2.75, 3.05) is 19.6 Å². The number of carbonyl (C=O) groups excluding carboxylic acids is 2. The number of amides is 2. The third kappa shape index (κ3) is 4.82. The zero-order valence-electron chi connectivity index (χ0n) is 16.9. The van der Waals surface area contributed by atoms with Crippen LogP contribution in [0.1, 0.15) is 66.4 Å². The summed E-state index contributed by atoms with van der Waals surface area (Å²) >= 11 is 1.44. The zero-order chi connectivity index (χ0) is 19.9. The fourth-order valence-electron chi connectivity index (χ4n) is 3.90. The van der Waals surface area contributed by atoms with E-state index in [1.54, 1.807) is 4.90 Å². The summed E-state index contributed by atoms with van der Waals surface area (Å²) in [6.45, 7) is 5.78. The van der Waals surface area contributed by atoms with E-state index in [0.29, 0.717) is 18.0 Å². The van der Waals surface area contributed by atoms with Gasteiger partial charge in [0.25, 0.3) is 5.91 Å². The van der Waals surface area contributed by atoms with Crippen LogP contribution in [0.5, 0.6) is 0 Å². The van der Waals surface area contributed by atoms with E-state index in [-0.39, 0.29) is 24.4 Å². The highest BCUT2D eigenvalue weighted by Gasteiger charge is 2.29. The molecule has 2 amide bonds. The van der Waals surface area contributed by atoms with Gasteiger partial charge in [-0.1, -0.05) is 56.5 Å². The van der Waals surface area contributed by atoms with Gasteiger partial charge in [0, 0.05) is 13.1 Å². The Morgan fingerprint density at radius 3 is 2.71 bits per heavy atom. The van der Waals surface area contributed by atoms with Gasteiger partial charge in [-0.15, -0.1) is 11.3 Å². The Morgan fingerprint density at radius 1 is 1.14 bits per heavy atom. The van der Waals surface area contributed by atoms with E-state index in [1.807, 2.05) is 28.5 Å². The Balaban J connectivity index is 1.69. The third-order valence-corrected chi connectivity index (χ3v) is 6.40. The van der Waals surface area contributed by atoms with Crippen molar-refractivity contribution < 1.29 is 9.59 Å². The zero-order valence-corrected chi connectivity index (χ0v) is 17.7. The van der Waals surface area contributed by atoms with E-state index >= 15 is 0 Å². The molecule has 2 aromatic rings. The van der Waals surface area contributed by atoms with Crippen molar-refractivity contribution >= 4 is 23.2 Å². The van der Waals surface area contributed by atoms with Crippen LogP contribution in [-0.4, -0.2) is 41.2 Å². The van der Waals surface area contributed by atoms with Crippen molar-refractivity contribution in [1.29, 1.82) is 0 Å². The second kappa shape index (κ2) is 9.87. The Kier molecular flexibility index (Phi) is 7.26. The Morgan fingerprint density at radius 2 is 1.96 bits per heavy atom. The molecule has 5 heteroatoms. The van der Waals surface area contributed by atoms with E-state index in [0.717, 1.165) is 32.1 Å². The fourth-order valence-corrected chi connectivity index (χ4v) is 4.60. The molecule has 1 aliphatic heterocycles. The van der Waals surface area contributed by atoms with Crippen LogP contribution in [0.25, 0.3) is 0 Å². The largest absolute Gasteiger partial charge is 0.334 e. The van der Waals surface area contributed by atoms with Gasteiger partial charge in [-0.25, -0.2) is 0 Å². The highest BCUT2D eigenvalue weighted by Crippen LogP contribution is 2.29. The lowest BCUT2D eigenvalue weighted by atomic mass is 9.93. The number of fused-ring (bicyclic) bond motifs is 1. The van der Waals surface area contributed by atoms with Crippen LogP contribution in [-0.2, 0) is 11.2 Å². The molecule has 0 bridgehead atoms. The summed E-state index contributed by atoms with van der Waals surface area (Å²) < 4.78 is 0. The van der Waals surface area contributed by atoms with Crippen molar-refractivity contribution in [2.24, 2.45) is 0 Å². The first-order chi connectivity index (χ1) is 13.6. The van der Waals surface area contributed by atoms with Crippen molar-refractivity contribution in [2.45, 2.75) is 52.0 Å². The van der Waals surface area contributed by atoms with E-state index in [2.05, 4.69) is 32.0 Å². The van der Waals surface area contributed by atoms with Crippen molar-refractivity contribution in [3.63, 3.8) is 0 Å². The van der Waals surface area contributed by atoms with Gasteiger partial charge in [0.1, 0.15) is 6.54 Å². The Bertz CT molecular complexity index is 788. The average molecular weight is 399 g/mol. The summed E-state index contributed by atoms with van der Waals surface area (Å²) in [5.74, 6) is 0.0207. The monoisotopic (exact) mass is 398 g/mol. The summed E-state index contributed by atoms with van der Waals surface area (Å²) in [6, 6.07) is 12.1. The lowest BCUT2D eigenvalue weighted by molar-refractivity contribution is -0.134. The summed E-state index contributed by atoms with van der Waals surface area (Å²) in [5, 5.41) is 1.91. The smallest absolute Gasteiger partial charge is 0.264 e. The average Bonchev–Trinajstić information content (AvgIpc) is 3.25. The maximum Gasteiger partial charge on any atom is 0.264 e. The van der Waals surface area contributed by atoms with E-state index in [9.17, 15) is 9.59 Å². The minimum atomic E-state index is -0.0232. The predicted molar refractivity (Wildman–Crippen MR) is 115 cm³/mol. The fraction of sp³-hybridized carbons (Fsp3) is 0.478. The number of benzene rings is 1. The standard InChI is InChI=1S/C23H30N2O2S/c1-3-4-5-8-14-24(23(27)21-12-9-16-28-21)17-22(26)25-15-13-19-10-6-7-11-20(19)18(25)2/h6-7,9-12,16,18H,3-5,8,13-15,17H2,1-2H3. The lowest BCUT2D eigenvalue weighted by Crippen LogP contribution is -2.46. The van der Waals surface area contributed by atoms with Crippen LogP contribution in [0.2, 0.25) is 0 Å². The van der Waals surface area contributed by atoms with Crippen LogP contribution >= 0.6 is 11.3 Å². The molecule has 0 fully saturated rings.